The summed E-state index contributed by atoms with van der Waals surface area (Å²) in [6.07, 6.45) is 9.56. The lowest BCUT2D eigenvalue weighted by atomic mass is 9.53. The van der Waals surface area contributed by atoms with Crippen molar-refractivity contribution in [2.45, 2.75) is 56.7 Å². The number of rotatable bonds is 4. The molecule has 4 saturated carbocycles. The number of nitrogens with zero attached hydrogens (tertiary/aromatic N) is 2. The third-order valence-corrected chi connectivity index (χ3v) is 9.36. The molecule has 6 heteroatoms. The van der Waals surface area contributed by atoms with E-state index in [1.807, 2.05) is 17.0 Å². The summed E-state index contributed by atoms with van der Waals surface area (Å²) in [7, 11) is 3.31. The van der Waals surface area contributed by atoms with Gasteiger partial charge in [-0.2, -0.15) is 0 Å². The van der Waals surface area contributed by atoms with E-state index in [0.717, 1.165) is 59.5 Å². The molecular weight excluding hydrogens is 462 g/mol. The molecule has 2 heterocycles. The molecule has 2 amide bonds. The molecule has 4 fully saturated rings. The van der Waals surface area contributed by atoms with Gasteiger partial charge in [0.05, 0.1) is 32.5 Å². The predicted molar refractivity (Wildman–Crippen MR) is 142 cm³/mol. The molecule has 4 aliphatic carbocycles. The molecule has 1 atom stereocenters. The van der Waals surface area contributed by atoms with Crippen LogP contribution in [0.5, 0.6) is 11.5 Å². The highest BCUT2D eigenvalue weighted by Gasteiger charge is 2.52. The van der Waals surface area contributed by atoms with Gasteiger partial charge in [0.25, 0.3) is 0 Å². The Kier molecular flexibility index (Phi) is 5.27. The van der Waals surface area contributed by atoms with Gasteiger partial charge < -0.3 is 24.3 Å². The maximum atomic E-state index is 14.4. The molecule has 1 N–H and O–H groups in total. The molecule has 1 aromatic heterocycles. The number of carbonyl (C=O) groups is 1. The molecular formula is C31H35N3O3. The van der Waals surface area contributed by atoms with Crippen LogP contribution in [0.2, 0.25) is 0 Å². The molecule has 37 heavy (non-hydrogen) atoms. The van der Waals surface area contributed by atoms with Crippen LogP contribution in [0.25, 0.3) is 5.69 Å². The number of carbonyl (C=O) groups excluding carboxylic acids is 1. The van der Waals surface area contributed by atoms with Gasteiger partial charge in [-0.05, 0) is 97.7 Å². The average Bonchev–Trinajstić information content (AvgIpc) is 3.31. The number of hydrogen-bond acceptors (Lipinski definition) is 3. The fourth-order valence-corrected chi connectivity index (χ4v) is 8.28. The first-order valence-corrected chi connectivity index (χ1v) is 13.6. The molecule has 3 aromatic rings. The van der Waals surface area contributed by atoms with Crippen molar-refractivity contribution in [2.75, 3.05) is 14.2 Å². The third kappa shape index (κ3) is 3.72. The van der Waals surface area contributed by atoms with Crippen molar-refractivity contribution in [3.05, 3.63) is 77.6 Å². The van der Waals surface area contributed by atoms with Gasteiger partial charge in [0.1, 0.15) is 0 Å². The second-order valence-electron chi connectivity index (χ2n) is 11.7. The van der Waals surface area contributed by atoms with Crippen LogP contribution < -0.4 is 14.8 Å². The number of methoxy groups -OCH3 is 2. The van der Waals surface area contributed by atoms with Gasteiger partial charge in [0, 0.05) is 17.4 Å². The Labute approximate surface area is 218 Å². The highest BCUT2D eigenvalue weighted by molar-refractivity contribution is 5.77. The van der Waals surface area contributed by atoms with Crippen molar-refractivity contribution in [3.63, 3.8) is 0 Å². The lowest BCUT2D eigenvalue weighted by molar-refractivity contribution is -0.0163. The van der Waals surface area contributed by atoms with Crippen molar-refractivity contribution < 1.29 is 14.3 Å². The molecule has 5 aliphatic rings. The minimum absolute atomic E-state index is 0.0335. The Balaban J connectivity index is 1.32. The summed E-state index contributed by atoms with van der Waals surface area (Å²) in [4.78, 5) is 16.4. The van der Waals surface area contributed by atoms with E-state index in [4.69, 9.17) is 9.47 Å². The van der Waals surface area contributed by atoms with E-state index < -0.39 is 0 Å². The first kappa shape index (κ1) is 22.8. The summed E-state index contributed by atoms with van der Waals surface area (Å²) in [5.41, 5.74) is 4.28. The number of hydrogen-bond donors (Lipinski definition) is 1. The summed E-state index contributed by atoms with van der Waals surface area (Å²) < 4.78 is 13.4. The number of urea groups is 1. The average molecular weight is 498 g/mol. The minimum atomic E-state index is -0.267. The van der Waals surface area contributed by atoms with Crippen LogP contribution in [0, 0.1) is 17.8 Å². The number of aromatic nitrogens is 1. The summed E-state index contributed by atoms with van der Waals surface area (Å²) in [5, 5.41) is 3.65. The van der Waals surface area contributed by atoms with Gasteiger partial charge >= 0.3 is 6.03 Å². The number of para-hydroxylation sites is 1. The zero-order valence-electron chi connectivity index (χ0n) is 21.7. The fraction of sp³-hybridized carbons (Fsp3) is 0.452. The zero-order valence-corrected chi connectivity index (χ0v) is 21.7. The summed E-state index contributed by atoms with van der Waals surface area (Å²) in [6.45, 7) is 0.537. The van der Waals surface area contributed by atoms with E-state index in [9.17, 15) is 4.79 Å². The Bertz CT molecular complexity index is 1310. The second kappa shape index (κ2) is 8.57. The van der Waals surface area contributed by atoms with Crippen molar-refractivity contribution in [1.29, 1.82) is 0 Å². The number of fused-ring (bicyclic) bond motifs is 3. The summed E-state index contributed by atoms with van der Waals surface area (Å²) in [5.74, 6) is 3.67. The van der Waals surface area contributed by atoms with Gasteiger partial charge in [-0.25, -0.2) is 4.79 Å². The highest BCUT2D eigenvalue weighted by Crippen LogP contribution is 2.55. The standard InChI is InChI=1S/C31H35N3O3/c1-36-27-10-9-23(15-28(27)37-2)29-26-8-5-11-33(26)25-7-4-3-6-24(25)19-34(29)30(35)32-31-16-20-12-21(17-31)14-22(13-20)18-31/h3-11,15,20-22,29H,12-14,16-19H2,1-2H3,(H,32,35)/t20?,21?,22?,29-,31?/m0/s1. The monoisotopic (exact) mass is 497 g/mol. The van der Waals surface area contributed by atoms with Gasteiger partial charge in [-0.3, -0.25) is 0 Å². The smallest absolute Gasteiger partial charge is 0.318 e. The molecule has 0 radical (unpaired) electrons. The number of ether oxygens (including phenoxy) is 2. The molecule has 0 unspecified atom stereocenters. The van der Waals surface area contributed by atoms with Crippen LogP contribution in [0.1, 0.15) is 61.4 Å². The Morgan fingerprint density at radius 2 is 1.59 bits per heavy atom. The number of nitrogens with one attached hydrogen (secondary N) is 1. The summed E-state index contributed by atoms with van der Waals surface area (Å²) >= 11 is 0. The quantitative estimate of drug-likeness (QED) is 0.475. The van der Waals surface area contributed by atoms with Crippen LogP contribution >= 0.6 is 0 Å². The van der Waals surface area contributed by atoms with Crippen LogP contribution in [0.3, 0.4) is 0 Å². The van der Waals surface area contributed by atoms with E-state index in [1.165, 1.54) is 19.3 Å². The van der Waals surface area contributed by atoms with E-state index in [2.05, 4.69) is 58.5 Å². The molecule has 6 nitrogen and oxygen atoms in total. The maximum Gasteiger partial charge on any atom is 0.318 e. The predicted octanol–water partition coefficient (Wildman–Crippen LogP) is 6.08. The maximum absolute atomic E-state index is 14.4. The van der Waals surface area contributed by atoms with Crippen LogP contribution in [0.15, 0.2) is 60.8 Å². The van der Waals surface area contributed by atoms with E-state index in [-0.39, 0.29) is 17.6 Å². The van der Waals surface area contributed by atoms with Gasteiger partial charge in [-0.1, -0.05) is 24.3 Å². The molecule has 192 valence electrons. The van der Waals surface area contributed by atoms with Crippen LogP contribution in [-0.4, -0.2) is 35.3 Å². The van der Waals surface area contributed by atoms with Gasteiger partial charge in [0.2, 0.25) is 0 Å². The Morgan fingerprint density at radius 1 is 0.892 bits per heavy atom. The minimum Gasteiger partial charge on any atom is -0.493 e. The Hall–Kier alpha value is -3.41. The second-order valence-corrected chi connectivity index (χ2v) is 11.7. The molecule has 4 bridgehead atoms. The molecule has 1 aliphatic heterocycles. The van der Waals surface area contributed by atoms with E-state index >= 15 is 0 Å². The lowest BCUT2D eigenvalue weighted by Gasteiger charge is -2.57. The van der Waals surface area contributed by atoms with Crippen molar-refractivity contribution >= 4 is 6.03 Å². The van der Waals surface area contributed by atoms with Crippen molar-refractivity contribution in [1.82, 2.24) is 14.8 Å². The first-order valence-electron chi connectivity index (χ1n) is 13.6. The van der Waals surface area contributed by atoms with Crippen molar-refractivity contribution in [3.8, 4) is 17.2 Å². The first-order chi connectivity index (χ1) is 18.1. The number of benzene rings is 2. The largest absolute Gasteiger partial charge is 0.493 e. The molecule has 0 saturated heterocycles. The van der Waals surface area contributed by atoms with Gasteiger partial charge in [-0.15, -0.1) is 0 Å². The van der Waals surface area contributed by atoms with Gasteiger partial charge in [0.15, 0.2) is 11.5 Å². The fourth-order valence-electron chi connectivity index (χ4n) is 8.28. The van der Waals surface area contributed by atoms with E-state index in [1.54, 1.807) is 14.2 Å². The van der Waals surface area contributed by atoms with E-state index in [0.29, 0.717) is 18.0 Å². The Morgan fingerprint density at radius 3 is 2.30 bits per heavy atom. The molecule has 8 rings (SSSR count). The highest BCUT2D eigenvalue weighted by atomic mass is 16.5. The summed E-state index contributed by atoms with van der Waals surface area (Å²) in [6, 6.07) is 18.4. The topological polar surface area (TPSA) is 55.7 Å². The lowest BCUT2D eigenvalue weighted by Crippen LogP contribution is -2.62. The van der Waals surface area contributed by atoms with Crippen LogP contribution in [-0.2, 0) is 6.54 Å². The normalized spacial score (nSPS) is 29.3. The SMILES string of the molecule is COc1ccc([C@H]2c3cccn3-c3ccccc3CN2C(=O)NC23CC4CC(CC(C4)C2)C3)cc1OC. The zero-order chi connectivity index (χ0) is 25.1. The third-order valence-electron chi connectivity index (χ3n) is 9.36. The molecule has 2 aromatic carbocycles. The molecule has 0 spiro atoms. The van der Waals surface area contributed by atoms with Crippen LogP contribution in [0.4, 0.5) is 4.79 Å². The van der Waals surface area contributed by atoms with Crippen molar-refractivity contribution in [2.24, 2.45) is 17.8 Å². The number of amides is 2.